The lowest BCUT2D eigenvalue weighted by Crippen LogP contribution is -2.30. The molecular weight excluding hydrogens is 215 g/mol. The maximum atomic E-state index is 12.7. The monoisotopic (exact) mass is 236 g/mol. The van der Waals surface area contributed by atoms with Crippen LogP contribution in [0.3, 0.4) is 0 Å². The number of rotatable bonds is 7. The Morgan fingerprint density at radius 3 is 2.59 bits per heavy atom. The van der Waals surface area contributed by atoms with Crippen molar-refractivity contribution in [3.8, 4) is 0 Å². The van der Waals surface area contributed by atoms with E-state index in [1.54, 1.807) is 12.1 Å². The molecular formula is C14H21FN2. The van der Waals surface area contributed by atoms with Crippen LogP contribution in [0.2, 0.25) is 0 Å². The Hall–Kier alpha value is -1.09. The van der Waals surface area contributed by atoms with Gasteiger partial charge in [0.1, 0.15) is 5.82 Å². The number of hydrogen-bond donors (Lipinski definition) is 1. The second-order valence-corrected chi connectivity index (χ2v) is 4.77. The van der Waals surface area contributed by atoms with Crippen LogP contribution >= 0.6 is 0 Å². The van der Waals surface area contributed by atoms with Crippen LogP contribution in [0.15, 0.2) is 24.3 Å². The molecule has 1 aliphatic rings. The Bertz CT molecular complexity index is 333. The highest BCUT2D eigenvalue weighted by Gasteiger charge is 2.23. The van der Waals surface area contributed by atoms with Crippen LogP contribution in [-0.2, 0) is 0 Å². The lowest BCUT2D eigenvalue weighted by Gasteiger charge is -2.20. The summed E-state index contributed by atoms with van der Waals surface area (Å²) in [6.07, 6.45) is 2.81. The zero-order chi connectivity index (χ0) is 12.1. The van der Waals surface area contributed by atoms with Crippen LogP contribution in [0.1, 0.15) is 19.8 Å². The molecule has 0 heterocycles. The van der Waals surface area contributed by atoms with E-state index >= 15 is 0 Å². The first-order valence-corrected chi connectivity index (χ1v) is 6.49. The summed E-state index contributed by atoms with van der Waals surface area (Å²) in [5.41, 5.74) is 0.994. The van der Waals surface area contributed by atoms with Crippen molar-refractivity contribution in [2.45, 2.75) is 19.8 Å². The molecule has 1 aromatic rings. The third kappa shape index (κ3) is 4.35. The van der Waals surface area contributed by atoms with Gasteiger partial charge in [-0.25, -0.2) is 4.39 Å². The summed E-state index contributed by atoms with van der Waals surface area (Å²) in [4.78, 5) is 2.48. The van der Waals surface area contributed by atoms with Gasteiger partial charge in [0, 0.05) is 25.3 Å². The SMILES string of the molecule is CCN(CCNc1ccc(F)cc1)CC1CC1. The molecule has 0 aromatic heterocycles. The summed E-state index contributed by atoms with van der Waals surface area (Å²) < 4.78 is 12.7. The Kier molecular flexibility index (Phi) is 4.37. The lowest BCUT2D eigenvalue weighted by atomic mass is 10.3. The first-order chi connectivity index (χ1) is 8.28. The largest absolute Gasteiger partial charge is 0.384 e. The number of anilines is 1. The van der Waals surface area contributed by atoms with E-state index in [9.17, 15) is 4.39 Å². The summed E-state index contributed by atoms with van der Waals surface area (Å²) in [5, 5.41) is 3.32. The molecule has 0 radical (unpaired) electrons. The van der Waals surface area contributed by atoms with Gasteiger partial charge in [0.25, 0.3) is 0 Å². The van der Waals surface area contributed by atoms with E-state index in [2.05, 4.69) is 17.1 Å². The van der Waals surface area contributed by atoms with E-state index in [-0.39, 0.29) is 5.82 Å². The van der Waals surface area contributed by atoms with Crippen LogP contribution in [-0.4, -0.2) is 31.1 Å². The van der Waals surface area contributed by atoms with Crippen molar-refractivity contribution in [2.24, 2.45) is 5.92 Å². The van der Waals surface area contributed by atoms with Gasteiger partial charge in [0.05, 0.1) is 0 Å². The molecule has 0 spiro atoms. The molecule has 0 unspecified atom stereocenters. The fourth-order valence-electron chi connectivity index (χ4n) is 1.97. The van der Waals surface area contributed by atoms with Crippen LogP contribution in [0, 0.1) is 11.7 Å². The van der Waals surface area contributed by atoms with E-state index in [1.807, 2.05) is 0 Å². The average molecular weight is 236 g/mol. The van der Waals surface area contributed by atoms with E-state index in [1.165, 1.54) is 31.5 Å². The second-order valence-electron chi connectivity index (χ2n) is 4.77. The van der Waals surface area contributed by atoms with Crippen molar-refractivity contribution in [3.05, 3.63) is 30.1 Å². The molecule has 0 aliphatic heterocycles. The second kappa shape index (κ2) is 6.01. The minimum absolute atomic E-state index is 0.181. The minimum Gasteiger partial charge on any atom is -0.384 e. The van der Waals surface area contributed by atoms with Gasteiger partial charge in [-0.05, 0) is 49.6 Å². The van der Waals surface area contributed by atoms with Gasteiger partial charge < -0.3 is 10.2 Å². The fraction of sp³-hybridized carbons (Fsp3) is 0.571. The molecule has 0 saturated heterocycles. The third-order valence-corrected chi connectivity index (χ3v) is 3.26. The van der Waals surface area contributed by atoms with Gasteiger partial charge in [-0.3, -0.25) is 0 Å². The van der Waals surface area contributed by atoms with Gasteiger partial charge >= 0.3 is 0 Å². The van der Waals surface area contributed by atoms with Crippen LogP contribution in [0.25, 0.3) is 0 Å². The van der Waals surface area contributed by atoms with Crippen molar-refractivity contribution < 1.29 is 4.39 Å². The number of nitrogens with one attached hydrogen (secondary N) is 1. The zero-order valence-electron chi connectivity index (χ0n) is 10.5. The normalized spacial score (nSPS) is 15.2. The Balaban J connectivity index is 1.68. The quantitative estimate of drug-likeness (QED) is 0.783. The molecule has 1 aromatic carbocycles. The maximum absolute atomic E-state index is 12.7. The fourth-order valence-corrected chi connectivity index (χ4v) is 1.97. The summed E-state index contributed by atoms with van der Waals surface area (Å²) in [7, 11) is 0. The van der Waals surface area contributed by atoms with Crippen molar-refractivity contribution in [3.63, 3.8) is 0 Å². The molecule has 1 saturated carbocycles. The van der Waals surface area contributed by atoms with Crippen molar-refractivity contribution >= 4 is 5.69 Å². The molecule has 1 N–H and O–H groups in total. The van der Waals surface area contributed by atoms with Gasteiger partial charge in [-0.15, -0.1) is 0 Å². The molecule has 3 heteroatoms. The number of halogens is 1. The molecule has 1 aliphatic carbocycles. The van der Waals surface area contributed by atoms with Gasteiger partial charge in [-0.2, -0.15) is 0 Å². The van der Waals surface area contributed by atoms with E-state index in [0.29, 0.717) is 0 Å². The standard InChI is InChI=1S/C14H21FN2/c1-2-17(11-12-3-4-12)10-9-16-14-7-5-13(15)6-8-14/h5-8,12,16H,2-4,9-11H2,1H3. The smallest absolute Gasteiger partial charge is 0.123 e. The summed E-state index contributed by atoms with van der Waals surface area (Å²) >= 11 is 0. The third-order valence-electron chi connectivity index (χ3n) is 3.26. The first kappa shape index (κ1) is 12.4. The van der Waals surface area contributed by atoms with Crippen LogP contribution in [0.4, 0.5) is 10.1 Å². The maximum Gasteiger partial charge on any atom is 0.123 e. The molecule has 94 valence electrons. The number of hydrogen-bond acceptors (Lipinski definition) is 2. The van der Waals surface area contributed by atoms with Crippen LogP contribution < -0.4 is 5.32 Å². The molecule has 2 nitrogen and oxygen atoms in total. The number of nitrogens with zero attached hydrogens (tertiary/aromatic N) is 1. The minimum atomic E-state index is -0.181. The predicted molar refractivity (Wildman–Crippen MR) is 69.7 cm³/mol. The van der Waals surface area contributed by atoms with Gasteiger partial charge in [-0.1, -0.05) is 6.92 Å². The molecule has 1 fully saturated rings. The molecule has 0 atom stereocenters. The predicted octanol–water partition coefficient (Wildman–Crippen LogP) is 2.97. The van der Waals surface area contributed by atoms with E-state index in [0.717, 1.165) is 31.2 Å². The Morgan fingerprint density at radius 1 is 1.29 bits per heavy atom. The van der Waals surface area contributed by atoms with Crippen LogP contribution in [0.5, 0.6) is 0 Å². The highest BCUT2D eigenvalue weighted by molar-refractivity contribution is 5.42. The molecule has 0 amide bonds. The highest BCUT2D eigenvalue weighted by Crippen LogP contribution is 2.29. The molecule has 0 bridgehead atoms. The zero-order valence-corrected chi connectivity index (χ0v) is 10.5. The van der Waals surface area contributed by atoms with E-state index < -0.39 is 0 Å². The van der Waals surface area contributed by atoms with Crippen molar-refractivity contribution in [1.82, 2.24) is 4.90 Å². The topological polar surface area (TPSA) is 15.3 Å². The lowest BCUT2D eigenvalue weighted by molar-refractivity contribution is 0.287. The number of likely N-dealkylation sites (N-methyl/N-ethyl adjacent to an activating group) is 1. The summed E-state index contributed by atoms with van der Waals surface area (Å²) in [6.45, 7) is 6.54. The molecule has 17 heavy (non-hydrogen) atoms. The van der Waals surface area contributed by atoms with Gasteiger partial charge in [0.15, 0.2) is 0 Å². The summed E-state index contributed by atoms with van der Waals surface area (Å²) in [5.74, 6) is 0.764. The molecule has 2 rings (SSSR count). The van der Waals surface area contributed by atoms with E-state index in [4.69, 9.17) is 0 Å². The average Bonchev–Trinajstić information content (AvgIpc) is 3.14. The van der Waals surface area contributed by atoms with Crippen molar-refractivity contribution in [1.29, 1.82) is 0 Å². The van der Waals surface area contributed by atoms with Gasteiger partial charge in [0.2, 0.25) is 0 Å². The highest BCUT2D eigenvalue weighted by atomic mass is 19.1. The Morgan fingerprint density at radius 2 is 2.00 bits per heavy atom. The summed E-state index contributed by atoms with van der Waals surface area (Å²) in [6, 6.07) is 6.55. The first-order valence-electron chi connectivity index (χ1n) is 6.49. The number of benzene rings is 1. The van der Waals surface area contributed by atoms with Crippen molar-refractivity contribution in [2.75, 3.05) is 31.5 Å². The Labute approximate surface area is 103 Å².